The predicted molar refractivity (Wildman–Crippen MR) is 87.0 cm³/mol. The first-order valence-corrected chi connectivity index (χ1v) is 7.81. The Morgan fingerprint density at radius 2 is 2.05 bits per heavy atom. The van der Waals surface area contributed by atoms with E-state index >= 15 is 0 Å². The molecule has 0 aliphatic heterocycles. The molecular weight excluding hydrogens is 338 g/mol. The summed E-state index contributed by atoms with van der Waals surface area (Å²) in [5.74, 6) is -0.383. The predicted octanol–water partition coefficient (Wildman–Crippen LogP) is 4.72. The van der Waals surface area contributed by atoms with Crippen molar-refractivity contribution in [2.75, 3.05) is 5.73 Å². The van der Waals surface area contributed by atoms with Gasteiger partial charge in [0.2, 0.25) is 0 Å². The minimum atomic E-state index is -0.542. The second kappa shape index (κ2) is 5.58. The Morgan fingerprint density at radius 3 is 2.65 bits per heavy atom. The molecule has 2 N–H and O–H groups in total. The Bertz CT molecular complexity index is 644. The lowest BCUT2D eigenvalue weighted by atomic mass is 10.0. The molecular formula is C15H16BrNO2S. The number of carbonyl (C=O) groups excluding carboxylic acids is 1. The van der Waals surface area contributed by atoms with Gasteiger partial charge in [-0.15, -0.1) is 11.3 Å². The van der Waals surface area contributed by atoms with Gasteiger partial charge >= 0.3 is 5.97 Å². The van der Waals surface area contributed by atoms with Gasteiger partial charge in [0.05, 0.1) is 0 Å². The molecule has 0 spiro atoms. The fraction of sp³-hybridized carbons (Fsp3) is 0.267. The molecule has 0 radical (unpaired) electrons. The lowest BCUT2D eigenvalue weighted by Crippen LogP contribution is -2.24. The van der Waals surface area contributed by atoms with Crippen molar-refractivity contribution in [3.05, 3.63) is 39.7 Å². The molecule has 0 atom stereocenters. The molecule has 1 aromatic carbocycles. The first-order chi connectivity index (χ1) is 9.28. The number of ether oxygens (including phenoxy) is 1. The molecule has 106 valence electrons. The molecule has 1 heterocycles. The molecule has 5 heteroatoms. The summed E-state index contributed by atoms with van der Waals surface area (Å²) in [6.07, 6.45) is 0. The molecule has 0 fully saturated rings. The molecule has 3 nitrogen and oxygen atoms in total. The number of esters is 1. The molecule has 0 amide bonds. The van der Waals surface area contributed by atoms with Gasteiger partial charge in [0, 0.05) is 15.4 Å². The van der Waals surface area contributed by atoms with Crippen LogP contribution in [-0.2, 0) is 4.74 Å². The van der Waals surface area contributed by atoms with E-state index in [2.05, 4.69) is 15.9 Å². The minimum Gasteiger partial charge on any atom is -0.456 e. The van der Waals surface area contributed by atoms with Gasteiger partial charge in [-0.2, -0.15) is 0 Å². The Balaban J connectivity index is 2.45. The minimum absolute atomic E-state index is 0.383. The van der Waals surface area contributed by atoms with Gasteiger partial charge in [0.25, 0.3) is 0 Å². The van der Waals surface area contributed by atoms with Crippen molar-refractivity contribution in [2.24, 2.45) is 0 Å². The average molecular weight is 354 g/mol. The van der Waals surface area contributed by atoms with E-state index in [-0.39, 0.29) is 5.97 Å². The maximum absolute atomic E-state index is 12.3. The summed E-state index contributed by atoms with van der Waals surface area (Å²) in [5, 5.41) is 2.37. The number of halogens is 1. The average Bonchev–Trinajstić information content (AvgIpc) is 2.69. The third-order valence-corrected chi connectivity index (χ3v) is 3.86. The van der Waals surface area contributed by atoms with Crippen LogP contribution in [0.25, 0.3) is 11.1 Å². The van der Waals surface area contributed by atoms with Crippen molar-refractivity contribution in [1.29, 1.82) is 0 Å². The number of rotatable bonds is 2. The maximum Gasteiger partial charge on any atom is 0.342 e. The number of nitrogens with two attached hydrogens (primary N) is 1. The van der Waals surface area contributed by atoms with E-state index in [1.54, 1.807) is 0 Å². The zero-order valence-corrected chi connectivity index (χ0v) is 14.0. The SMILES string of the molecule is CC(C)(C)OC(=O)c1c(-c2cccc(Br)c2)csc1N. The summed E-state index contributed by atoms with van der Waals surface area (Å²) in [7, 11) is 0. The van der Waals surface area contributed by atoms with E-state index in [9.17, 15) is 4.79 Å². The van der Waals surface area contributed by atoms with Crippen molar-refractivity contribution in [1.82, 2.24) is 0 Å². The van der Waals surface area contributed by atoms with Crippen LogP contribution in [0, 0.1) is 0 Å². The smallest absolute Gasteiger partial charge is 0.342 e. The molecule has 0 saturated heterocycles. The summed E-state index contributed by atoms with van der Waals surface area (Å²) in [5.41, 5.74) is 7.59. The third-order valence-electron chi connectivity index (χ3n) is 2.56. The fourth-order valence-electron chi connectivity index (χ4n) is 1.78. The van der Waals surface area contributed by atoms with Crippen LogP contribution in [0.15, 0.2) is 34.1 Å². The highest BCUT2D eigenvalue weighted by molar-refractivity contribution is 9.10. The van der Waals surface area contributed by atoms with Gasteiger partial charge in [0.15, 0.2) is 0 Å². The monoisotopic (exact) mass is 353 g/mol. The Labute approximate surface area is 130 Å². The molecule has 2 aromatic rings. The first-order valence-electron chi connectivity index (χ1n) is 6.14. The standard InChI is InChI=1S/C15H16BrNO2S/c1-15(2,3)19-14(18)12-11(8-20-13(12)17)9-5-4-6-10(16)7-9/h4-8H,17H2,1-3H3. The highest BCUT2D eigenvalue weighted by Gasteiger charge is 2.24. The number of nitrogen functional groups attached to an aromatic ring is 1. The summed E-state index contributed by atoms with van der Waals surface area (Å²) in [6.45, 7) is 5.52. The van der Waals surface area contributed by atoms with Crippen molar-refractivity contribution >= 4 is 38.2 Å². The number of anilines is 1. The van der Waals surface area contributed by atoms with Gasteiger partial charge in [-0.25, -0.2) is 4.79 Å². The lowest BCUT2D eigenvalue weighted by molar-refractivity contribution is 0.00722. The van der Waals surface area contributed by atoms with Crippen molar-refractivity contribution in [2.45, 2.75) is 26.4 Å². The number of hydrogen-bond donors (Lipinski definition) is 1. The molecule has 2 rings (SSSR count). The van der Waals surface area contributed by atoms with E-state index in [1.807, 2.05) is 50.4 Å². The Morgan fingerprint density at radius 1 is 1.35 bits per heavy atom. The van der Waals surface area contributed by atoms with Crippen LogP contribution in [0.5, 0.6) is 0 Å². The largest absolute Gasteiger partial charge is 0.456 e. The number of benzene rings is 1. The van der Waals surface area contributed by atoms with Crippen molar-refractivity contribution in [3.8, 4) is 11.1 Å². The molecule has 1 aromatic heterocycles. The van der Waals surface area contributed by atoms with E-state index in [1.165, 1.54) is 11.3 Å². The normalized spacial score (nSPS) is 11.4. The van der Waals surface area contributed by atoms with Crippen LogP contribution in [0.1, 0.15) is 31.1 Å². The van der Waals surface area contributed by atoms with Gasteiger partial charge < -0.3 is 10.5 Å². The van der Waals surface area contributed by atoms with Crippen LogP contribution in [0.4, 0.5) is 5.00 Å². The molecule has 0 saturated carbocycles. The summed E-state index contributed by atoms with van der Waals surface area (Å²) in [6, 6.07) is 7.76. The van der Waals surface area contributed by atoms with Gasteiger partial charge in [-0.3, -0.25) is 0 Å². The van der Waals surface area contributed by atoms with E-state index in [4.69, 9.17) is 10.5 Å². The third kappa shape index (κ3) is 3.41. The quantitative estimate of drug-likeness (QED) is 0.795. The van der Waals surface area contributed by atoms with Crippen LogP contribution in [0.3, 0.4) is 0 Å². The Hall–Kier alpha value is -1.33. The van der Waals surface area contributed by atoms with Crippen molar-refractivity contribution < 1.29 is 9.53 Å². The number of carbonyl (C=O) groups is 1. The summed E-state index contributed by atoms with van der Waals surface area (Å²) in [4.78, 5) is 12.3. The van der Waals surface area contributed by atoms with E-state index in [0.29, 0.717) is 10.6 Å². The second-order valence-corrected chi connectivity index (χ2v) is 7.23. The highest BCUT2D eigenvalue weighted by Crippen LogP contribution is 2.35. The fourth-order valence-corrected chi connectivity index (χ4v) is 2.99. The van der Waals surface area contributed by atoms with Crippen molar-refractivity contribution in [3.63, 3.8) is 0 Å². The number of thiophene rings is 1. The zero-order valence-electron chi connectivity index (χ0n) is 11.6. The van der Waals surface area contributed by atoms with Gasteiger partial charge in [-0.1, -0.05) is 28.1 Å². The molecule has 0 aliphatic carbocycles. The molecule has 0 bridgehead atoms. The van der Waals surface area contributed by atoms with E-state index in [0.717, 1.165) is 15.6 Å². The van der Waals surface area contributed by atoms with Crippen LogP contribution >= 0.6 is 27.3 Å². The topological polar surface area (TPSA) is 52.3 Å². The Kier molecular flexibility index (Phi) is 4.20. The highest BCUT2D eigenvalue weighted by atomic mass is 79.9. The number of hydrogen-bond acceptors (Lipinski definition) is 4. The second-order valence-electron chi connectivity index (χ2n) is 5.40. The maximum atomic E-state index is 12.3. The zero-order chi connectivity index (χ0) is 14.9. The van der Waals surface area contributed by atoms with Crippen LogP contribution in [-0.4, -0.2) is 11.6 Å². The van der Waals surface area contributed by atoms with Crippen LogP contribution in [0.2, 0.25) is 0 Å². The summed E-state index contributed by atoms with van der Waals surface area (Å²) >= 11 is 4.78. The summed E-state index contributed by atoms with van der Waals surface area (Å²) < 4.78 is 6.38. The van der Waals surface area contributed by atoms with E-state index < -0.39 is 5.60 Å². The van der Waals surface area contributed by atoms with Gasteiger partial charge in [0.1, 0.15) is 16.2 Å². The lowest BCUT2D eigenvalue weighted by Gasteiger charge is -2.20. The van der Waals surface area contributed by atoms with Gasteiger partial charge in [-0.05, 0) is 38.5 Å². The molecule has 0 aliphatic rings. The van der Waals surface area contributed by atoms with Crippen LogP contribution < -0.4 is 5.73 Å². The first kappa shape index (κ1) is 15.1. The molecule has 20 heavy (non-hydrogen) atoms. The molecule has 0 unspecified atom stereocenters.